The van der Waals surface area contributed by atoms with Crippen molar-refractivity contribution in [3.8, 4) is 0 Å². The summed E-state index contributed by atoms with van der Waals surface area (Å²) in [6.07, 6.45) is 16.1. The van der Waals surface area contributed by atoms with Crippen molar-refractivity contribution in [2.45, 2.75) is 82.8 Å². The van der Waals surface area contributed by atoms with E-state index in [0.717, 1.165) is 0 Å². The van der Waals surface area contributed by atoms with Crippen molar-refractivity contribution >= 4 is 40.5 Å². The maximum atomic E-state index is 2.29. The van der Waals surface area contributed by atoms with Crippen molar-refractivity contribution in [2.24, 2.45) is 0 Å². The first-order chi connectivity index (χ1) is 6.91. The molecule has 0 unspecified atom stereocenters. The van der Waals surface area contributed by atoms with Gasteiger partial charge in [0.15, 0.2) is 0 Å². The van der Waals surface area contributed by atoms with Gasteiger partial charge in [-0.1, -0.05) is 6.92 Å². The van der Waals surface area contributed by atoms with Gasteiger partial charge in [-0.15, -0.1) is 24.0 Å². The van der Waals surface area contributed by atoms with Crippen LogP contribution in [0.5, 0.6) is 0 Å². The largest absolute Gasteiger partial charge is 0.107 e. The van der Waals surface area contributed by atoms with Crippen LogP contribution in [0, 0.1) is 0 Å². The molecule has 0 rings (SSSR count). The Bertz CT molecular complexity index is 84.5. The molecule has 0 N–H and O–H groups in total. The van der Waals surface area contributed by atoms with E-state index in [9.17, 15) is 0 Å². The normalized spacial score (nSPS) is 10.0. The summed E-state index contributed by atoms with van der Waals surface area (Å²) in [7, 11) is 0. The fourth-order valence-corrected chi connectivity index (χ4v) is 2.31. The first-order valence-electron chi connectivity index (χ1n) is 6.56. The second-order valence-corrected chi connectivity index (χ2v) is 5.33. The van der Waals surface area contributed by atoms with Crippen molar-refractivity contribution in [1.82, 2.24) is 0 Å². The van der Waals surface area contributed by atoms with Crippen LogP contribution in [-0.4, -0.2) is 16.5 Å². The zero-order chi connectivity index (χ0) is 10.5. The molecule has 2 heteroatoms. The third kappa shape index (κ3) is 17.9. The molecular weight excluding hydrogens is 356 g/mol. The summed E-state index contributed by atoms with van der Waals surface area (Å²) >= 11 is 2.29. The molecule has 0 spiro atoms. The third-order valence-corrected chi connectivity index (χ3v) is 3.52. The maximum absolute atomic E-state index is 2.29. The summed E-state index contributed by atoms with van der Waals surface area (Å²) in [5.41, 5.74) is 0. The topological polar surface area (TPSA) is 0 Å². The van der Waals surface area contributed by atoms with Crippen LogP contribution < -0.4 is 0 Å². The molecule has 0 aliphatic rings. The summed E-state index contributed by atoms with van der Waals surface area (Å²) in [6, 6.07) is 0. The van der Waals surface area contributed by atoms with E-state index in [2.05, 4.69) is 23.4 Å². The molecule has 0 aliphatic heterocycles. The molecule has 15 heavy (non-hydrogen) atoms. The van der Waals surface area contributed by atoms with Gasteiger partial charge >= 0.3 is 92.4 Å². The summed E-state index contributed by atoms with van der Waals surface area (Å²) in [4.78, 5) is 0. The molecule has 0 saturated carbocycles. The molecule has 0 atom stereocenters. The SMILES string of the molecule is CCCCCCCCCCCC[CH2][Ge].I. The standard InChI is InChI=1S/C13H27Ge.HI/c1-2-3-4-5-6-7-8-9-10-11-12-13-14;/h2-13H2,1H3;1H. The monoisotopic (exact) mass is 385 g/mol. The molecule has 0 saturated heterocycles. The number of hydrogen-bond donors (Lipinski definition) is 0. The number of rotatable bonds is 11. The van der Waals surface area contributed by atoms with E-state index in [1.807, 2.05) is 0 Å². The Hall–Kier alpha value is 1.27. The number of halogens is 1. The van der Waals surface area contributed by atoms with E-state index >= 15 is 0 Å². The molecule has 0 fully saturated rings. The summed E-state index contributed by atoms with van der Waals surface area (Å²) in [5, 5.41) is 1.37. The van der Waals surface area contributed by atoms with Crippen LogP contribution >= 0.6 is 24.0 Å². The summed E-state index contributed by atoms with van der Waals surface area (Å²) in [5.74, 6) is 0. The smallest absolute Gasteiger partial charge is 0.107 e. The quantitative estimate of drug-likeness (QED) is 0.251. The van der Waals surface area contributed by atoms with E-state index in [1.54, 1.807) is 0 Å². The van der Waals surface area contributed by atoms with Crippen molar-refractivity contribution in [2.75, 3.05) is 0 Å². The molecule has 91 valence electrons. The van der Waals surface area contributed by atoms with Crippen LogP contribution in [0.3, 0.4) is 0 Å². The predicted octanol–water partition coefficient (Wildman–Crippen LogP) is 5.50. The van der Waals surface area contributed by atoms with Gasteiger partial charge in [-0.2, -0.15) is 0 Å². The minimum absolute atomic E-state index is 0. The molecule has 0 amide bonds. The average Bonchev–Trinajstić information content (AvgIpc) is 2.21. The Morgan fingerprint density at radius 3 is 1.27 bits per heavy atom. The van der Waals surface area contributed by atoms with Gasteiger partial charge in [-0.25, -0.2) is 0 Å². The number of unbranched alkanes of at least 4 members (excludes halogenated alkanes) is 10. The van der Waals surface area contributed by atoms with E-state index < -0.39 is 0 Å². The average molecular weight is 384 g/mol. The van der Waals surface area contributed by atoms with Crippen LogP contribution in [0.4, 0.5) is 0 Å². The Balaban J connectivity index is 0. The van der Waals surface area contributed by atoms with Crippen LogP contribution in [0.15, 0.2) is 0 Å². The Morgan fingerprint density at radius 2 is 0.933 bits per heavy atom. The van der Waals surface area contributed by atoms with Crippen molar-refractivity contribution in [1.29, 1.82) is 0 Å². The van der Waals surface area contributed by atoms with Gasteiger partial charge < -0.3 is 0 Å². The minimum atomic E-state index is 0. The maximum Gasteiger partial charge on any atom is -0.107 e. The fourth-order valence-electron chi connectivity index (χ4n) is 1.79. The fraction of sp³-hybridized carbons (Fsp3) is 1.00. The molecule has 0 heterocycles. The summed E-state index contributed by atoms with van der Waals surface area (Å²) < 4.78 is 0. The first kappa shape index (κ1) is 18.6. The Morgan fingerprint density at radius 1 is 0.600 bits per heavy atom. The van der Waals surface area contributed by atoms with E-state index in [4.69, 9.17) is 0 Å². The van der Waals surface area contributed by atoms with Crippen molar-refractivity contribution < 1.29 is 0 Å². The van der Waals surface area contributed by atoms with Gasteiger partial charge in [0, 0.05) is 0 Å². The van der Waals surface area contributed by atoms with Gasteiger partial charge in [0.2, 0.25) is 0 Å². The second-order valence-electron chi connectivity index (χ2n) is 4.29. The second kappa shape index (κ2) is 17.7. The van der Waals surface area contributed by atoms with E-state index in [1.165, 1.54) is 75.9 Å². The minimum Gasteiger partial charge on any atom is -0.107 e. The van der Waals surface area contributed by atoms with Crippen LogP contribution in [0.2, 0.25) is 5.25 Å². The van der Waals surface area contributed by atoms with Gasteiger partial charge in [0.05, 0.1) is 0 Å². The zero-order valence-corrected chi connectivity index (χ0v) is 14.8. The predicted molar refractivity (Wildman–Crippen MR) is 82.4 cm³/mol. The Kier molecular flexibility index (Phi) is 21.9. The first-order valence-corrected chi connectivity index (χ1v) is 8.04. The summed E-state index contributed by atoms with van der Waals surface area (Å²) in [6.45, 7) is 2.29. The van der Waals surface area contributed by atoms with Crippen molar-refractivity contribution in [3.63, 3.8) is 0 Å². The van der Waals surface area contributed by atoms with Crippen LogP contribution in [-0.2, 0) is 0 Å². The van der Waals surface area contributed by atoms with Crippen molar-refractivity contribution in [3.05, 3.63) is 0 Å². The van der Waals surface area contributed by atoms with E-state index in [0.29, 0.717) is 0 Å². The Labute approximate surface area is 123 Å². The third-order valence-electron chi connectivity index (χ3n) is 2.78. The van der Waals surface area contributed by atoms with Crippen LogP contribution in [0.25, 0.3) is 0 Å². The molecular formula is C13H28GeI. The van der Waals surface area contributed by atoms with Crippen LogP contribution in [0.1, 0.15) is 77.6 Å². The zero-order valence-electron chi connectivity index (χ0n) is 10.4. The molecule has 0 nitrogen and oxygen atoms in total. The van der Waals surface area contributed by atoms with Gasteiger partial charge in [0.1, 0.15) is 0 Å². The van der Waals surface area contributed by atoms with Gasteiger partial charge in [0.25, 0.3) is 0 Å². The van der Waals surface area contributed by atoms with Gasteiger partial charge in [-0.05, 0) is 0 Å². The molecule has 3 radical (unpaired) electrons. The number of hydrogen-bond acceptors (Lipinski definition) is 0. The molecule has 0 aromatic rings. The van der Waals surface area contributed by atoms with Gasteiger partial charge in [-0.3, -0.25) is 0 Å². The molecule has 0 aromatic heterocycles. The van der Waals surface area contributed by atoms with E-state index in [-0.39, 0.29) is 24.0 Å². The molecule has 0 aliphatic carbocycles. The molecule has 0 bridgehead atoms. The molecule has 0 aromatic carbocycles.